The van der Waals surface area contributed by atoms with E-state index in [4.69, 9.17) is 16.3 Å². The van der Waals surface area contributed by atoms with E-state index in [2.05, 4.69) is 37.4 Å². The van der Waals surface area contributed by atoms with Gasteiger partial charge in [-0.25, -0.2) is 0 Å². The van der Waals surface area contributed by atoms with Gasteiger partial charge in [-0.05, 0) is 37.6 Å². The standard InChI is InChI=1S/C17H22ClNOS/c1-3-11-19-17(15-9-10-16(18)21-15)13-7-5-6-8-14(13)20-12-4-2/h5-10,17,19H,3-4,11-12H2,1-2H3. The maximum Gasteiger partial charge on any atom is 0.124 e. The van der Waals surface area contributed by atoms with Gasteiger partial charge < -0.3 is 10.1 Å². The summed E-state index contributed by atoms with van der Waals surface area (Å²) in [5.74, 6) is 0.956. The van der Waals surface area contributed by atoms with Crippen molar-refractivity contribution in [2.24, 2.45) is 0 Å². The Morgan fingerprint density at radius 3 is 2.62 bits per heavy atom. The predicted molar refractivity (Wildman–Crippen MR) is 91.7 cm³/mol. The summed E-state index contributed by atoms with van der Waals surface area (Å²) in [6, 6.07) is 12.4. The van der Waals surface area contributed by atoms with Crippen LogP contribution >= 0.6 is 22.9 Å². The molecule has 1 atom stereocenters. The molecule has 0 saturated carbocycles. The molecule has 1 aromatic carbocycles. The van der Waals surface area contributed by atoms with E-state index >= 15 is 0 Å². The molecule has 0 aliphatic heterocycles. The van der Waals surface area contributed by atoms with E-state index in [1.165, 1.54) is 10.4 Å². The summed E-state index contributed by atoms with van der Waals surface area (Å²) in [6.45, 7) is 5.99. The average Bonchev–Trinajstić information content (AvgIpc) is 2.93. The van der Waals surface area contributed by atoms with Crippen LogP contribution < -0.4 is 10.1 Å². The van der Waals surface area contributed by atoms with Crippen molar-refractivity contribution in [3.8, 4) is 5.75 Å². The van der Waals surface area contributed by atoms with Crippen LogP contribution in [0, 0.1) is 0 Å². The number of nitrogens with one attached hydrogen (secondary N) is 1. The fourth-order valence-electron chi connectivity index (χ4n) is 2.20. The SMILES string of the molecule is CCCNC(c1ccc(Cl)s1)c1ccccc1OCCC. The molecule has 114 valence electrons. The van der Waals surface area contributed by atoms with Crippen LogP contribution in [0.3, 0.4) is 0 Å². The van der Waals surface area contributed by atoms with Crippen LogP contribution in [0.15, 0.2) is 36.4 Å². The van der Waals surface area contributed by atoms with Crippen LogP contribution in [-0.2, 0) is 0 Å². The summed E-state index contributed by atoms with van der Waals surface area (Å²) >= 11 is 7.73. The molecule has 0 saturated heterocycles. The van der Waals surface area contributed by atoms with E-state index < -0.39 is 0 Å². The van der Waals surface area contributed by atoms with Gasteiger partial charge in [0.15, 0.2) is 0 Å². The molecule has 4 heteroatoms. The molecule has 0 amide bonds. The van der Waals surface area contributed by atoms with Crippen molar-refractivity contribution in [1.29, 1.82) is 0 Å². The third-order valence-electron chi connectivity index (χ3n) is 3.17. The van der Waals surface area contributed by atoms with Crippen LogP contribution in [0.1, 0.15) is 43.2 Å². The fraction of sp³-hybridized carbons (Fsp3) is 0.412. The first kappa shape index (κ1) is 16.3. The van der Waals surface area contributed by atoms with E-state index in [1.807, 2.05) is 18.2 Å². The Labute approximate surface area is 136 Å². The van der Waals surface area contributed by atoms with Gasteiger partial charge in [0, 0.05) is 10.4 Å². The molecule has 1 unspecified atom stereocenters. The van der Waals surface area contributed by atoms with Gasteiger partial charge in [-0.2, -0.15) is 0 Å². The second-order valence-corrected chi connectivity index (χ2v) is 6.66. The highest BCUT2D eigenvalue weighted by molar-refractivity contribution is 7.16. The highest BCUT2D eigenvalue weighted by Gasteiger charge is 2.19. The third kappa shape index (κ3) is 4.47. The number of hydrogen-bond donors (Lipinski definition) is 1. The number of benzene rings is 1. The number of hydrogen-bond acceptors (Lipinski definition) is 3. The lowest BCUT2D eigenvalue weighted by molar-refractivity contribution is 0.312. The summed E-state index contributed by atoms with van der Waals surface area (Å²) in [6.07, 6.45) is 2.10. The summed E-state index contributed by atoms with van der Waals surface area (Å²) < 4.78 is 6.73. The topological polar surface area (TPSA) is 21.3 Å². The molecule has 21 heavy (non-hydrogen) atoms. The maximum absolute atomic E-state index is 6.11. The van der Waals surface area contributed by atoms with Crippen LogP contribution in [-0.4, -0.2) is 13.2 Å². The molecule has 0 fully saturated rings. The number of halogens is 1. The van der Waals surface area contributed by atoms with Gasteiger partial charge in [-0.1, -0.05) is 43.6 Å². The van der Waals surface area contributed by atoms with Gasteiger partial charge in [-0.15, -0.1) is 11.3 Å². The van der Waals surface area contributed by atoms with Crippen molar-refractivity contribution in [1.82, 2.24) is 5.32 Å². The molecule has 2 rings (SSSR count). The first-order chi connectivity index (χ1) is 10.3. The monoisotopic (exact) mass is 323 g/mol. The molecular formula is C17H22ClNOS. The van der Waals surface area contributed by atoms with E-state index in [9.17, 15) is 0 Å². The molecular weight excluding hydrogens is 302 g/mol. The van der Waals surface area contributed by atoms with E-state index in [1.54, 1.807) is 11.3 Å². The maximum atomic E-state index is 6.11. The van der Waals surface area contributed by atoms with Crippen molar-refractivity contribution >= 4 is 22.9 Å². The van der Waals surface area contributed by atoms with Crippen LogP contribution in [0.25, 0.3) is 0 Å². The molecule has 0 aliphatic carbocycles. The number of ether oxygens (including phenoxy) is 1. The second kappa shape index (κ2) is 8.42. The lowest BCUT2D eigenvalue weighted by Gasteiger charge is -2.21. The summed E-state index contributed by atoms with van der Waals surface area (Å²) in [5.41, 5.74) is 1.18. The van der Waals surface area contributed by atoms with Crippen LogP contribution in [0.5, 0.6) is 5.75 Å². The molecule has 2 nitrogen and oxygen atoms in total. The zero-order valence-corrected chi connectivity index (χ0v) is 14.1. The number of rotatable bonds is 8. The van der Waals surface area contributed by atoms with Gasteiger partial charge in [0.2, 0.25) is 0 Å². The van der Waals surface area contributed by atoms with Gasteiger partial charge in [0.05, 0.1) is 17.0 Å². The van der Waals surface area contributed by atoms with Crippen LogP contribution in [0.2, 0.25) is 4.34 Å². The second-order valence-electron chi connectivity index (χ2n) is 4.92. The van der Waals surface area contributed by atoms with Crippen molar-refractivity contribution in [2.75, 3.05) is 13.2 Å². The Kier molecular flexibility index (Phi) is 6.55. The normalized spacial score (nSPS) is 12.3. The molecule has 2 aromatic rings. The minimum atomic E-state index is 0.135. The molecule has 0 spiro atoms. The molecule has 0 bridgehead atoms. The Bertz CT molecular complexity index is 555. The van der Waals surface area contributed by atoms with E-state index in [0.717, 1.165) is 36.1 Å². The number of para-hydroxylation sites is 1. The number of thiophene rings is 1. The fourth-order valence-corrected chi connectivity index (χ4v) is 3.35. The molecule has 0 aliphatic rings. The summed E-state index contributed by atoms with van der Waals surface area (Å²) in [5, 5.41) is 3.60. The lowest BCUT2D eigenvalue weighted by atomic mass is 10.0. The minimum absolute atomic E-state index is 0.135. The van der Waals surface area contributed by atoms with Gasteiger partial charge in [0.1, 0.15) is 5.75 Å². The zero-order valence-electron chi connectivity index (χ0n) is 12.6. The van der Waals surface area contributed by atoms with E-state index in [0.29, 0.717) is 0 Å². The highest BCUT2D eigenvalue weighted by atomic mass is 35.5. The van der Waals surface area contributed by atoms with E-state index in [-0.39, 0.29) is 6.04 Å². The molecule has 0 radical (unpaired) electrons. The molecule has 1 N–H and O–H groups in total. The largest absolute Gasteiger partial charge is 0.493 e. The van der Waals surface area contributed by atoms with Crippen molar-refractivity contribution < 1.29 is 4.74 Å². The zero-order chi connectivity index (χ0) is 15.1. The summed E-state index contributed by atoms with van der Waals surface area (Å²) in [4.78, 5) is 1.22. The van der Waals surface area contributed by atoms with Gasteiger partial charge in [0.25, 0.3) is 0 Å². The molecule has 1 aromatic heterocycles. The van der Waals surface area contributed by atoms with Crippen molar-refractivity contribution in [3.63, 3.8) is 0 Å². The first-order valence-corrected chi connectivity index (χ1v) is 8.66. The minimum Gasteiger partial charge on any atom is -0.493 e. The highest BCUT2D eigenvalue weighted by Crippen LogP contribution is 2.35. The first-order valence-electron chi connectivity index (χ1n) is 7.46. The Morgan fingerprint density at radius 1 is 1.14 bits per heavy atom. The summed E-state index contributed by atoms with van der Waals surface area (Å²) in [7, 11) is 0. The Hall–Kier alpha value is -1.03. The predicted octanol–water partition coefficient (Wildman–Crippen LogP) is 5.28. The van der Waals surface area contributed by atoms with Gasteiger partial charge in [-0.3, -0.25) is 0 Å². The quantitative estimate of drug-likeness (QED) is 0.713. The Balaban J connectivity index is 2.31. The Morgan fingerprint density at radius 2 is 1.95 bits per heavy atom. The third-order valence-corrected chi connectivity index (χ3v) is 4.46. The average molecular weight is 324 g/mol. The lowest BCUT2D eigenvalue weighted by Crippen LogP contribution is -2.23. The molecule has 1 heterocycles. The van der Waals surface area contributed by atoms with Gasteiger partial charge >= 0.3 is 0 Å². The van der Waals surface area contributed by atoms with Crippen molar-refractivity contribution in [2.45, 2.75) is 32.7 Å². The smallest absolute Gasteiger partial charge is 0.124 e. The van der Waals surface area contributed by atoms with Crippen LogP contribution in [0.4, 0.5) is 0 Å². The van der Waals surface area contributed by atoms with Crippen molar-refractivity contribution in [3.05, 3.63) is 51.2 Å².